The average Bonchev–Trinajstić information content (AvgIpc) is 3.31. The first-order chi connectivity index (χ1) is 32.9. The van der Waals surface area contributed by atoms with E-state index in [2.05, 4.69) is 27.7 Å². The second-order valence-electron chi connectivity index (χ2n) is 21.5. The smallest absolute Gasteiger partial charge is 0.306 e. The number of hydrogen-bond acceptors (Lipinski definition) is 6. The second-order valence-corrected chi connectivity index (χ2v) is 21.5. The zero-order valence-electron chi connectivity index (χ0n) is 45.9. The summed E-state index contributed by atoms with van der Waals surface area (Å²) in [7, 11) is 0. The Morgan fingerprint density at radius 1 is 0.284 bits per heavy atom. The molecule has 6 nitrogen and oxygen atoms in total. The molecular weight excluding hydrogens is 829 g/mol. The zero-order valence-corrected chi connectivity index (χ0v) is 45.9. The molecule has 0 aromatic heterocycles. The fourth-order valence-corrected chi connectivity index (χ4v) is 9.46. The van der Waals surface area contributed by atoms with Gasteiger partial charge in [0.1, 0.15) is 13.2 Å². The molecule has 0 aliphatic heterocycles. The van der Waals surface area contributed by atoms with Crippen molar-refractivity contribution in [2.45, 2.75) is 355 Å². The summed E-state index contributed by atoms with van der Waals surface area (Å²) >= 11 is 0. The minimum atomic E-state index is -0.761. The molecule has 0 radical (unpaired) electrons. The largest absolute Gasteiger partial charge is 0.462 e. The summed E-state index contributed by atoms with van der Waals surface area (Å²) in [5, 5.41) is 0. The van der Waals surface area contributed by atoms with Crippen molar-refractivity contribution in [3.05, 3.63) is 0 Å². The molecule has 0 spiro atoms. The molecule has 0 bridgehead atoms. The van der Waals surface area contributed by atoms with Crippen LogP contribution in [0.2, 0.25) is 0 Å². The highest BCUT2D eigenvalue weighted by atomic mass is 16.6. The topological polar surface area (TPSA) is 78.9 Å². The second kappa shape index (κ2) is 55.3. The van der Waals surface area contributed by atoms with Gasteiger partial charge in [0.05, 0.1) is 0 Å². The lowest BCUT2D eigenvalue weighted by molar-refractivity contribution is -0.167. The van der Waals surface area contributed by atoms with E-state index in [1.807, 2.05) is 0 Å². The first kappa shape index (κ1) is 65.4. The molecule has 0 saturated carbocycles. The Hall–Kier alpha value is -1.59. The molecule has 6 heteroatoms. The Morgan fingerprint density at radius 3 is 0.731 bits per heavy atom. The average molecular weight is 948 g/mol. The van der Waals surface area contributed by atoms with Gasteiger partial charge in [0.2, 0.25) is 0 Å². The highest BCUT2D eigenvalue weighted by molar-refractivity contribution is 5.71. The number of ether oxygens (including phenoxy) is 3. The fraction of sp³-hybridized carbons (Fsp3) is 0.951. The van der Waals surface area contributed by atoms with Crippen molar-refractivity contribution in [1.82, 2.24) is 0 Å². The Balaban J connectivity index is 4.20. The molecule has 0 aromatic carbocycles. The molecule has 0 aliphatic carbocycles. The van der Waals surface area contributed by atoms with E-state index >= 15 is 0 Å². The summed E-state index contributed by atoms with van der Waals surface area (Å²) in [4.78, 5) is 38.1. The number of unbranched alkanes of at least 4 members (excludes halogenated alkanes) is 43. The monoisotopic (exact) mass is 947 g/mol. The van der Waals surface area contributed by atoms with Gasteiger partial charge in [-0.2, -0.15) is 0 Å². The Kier molecular flexibility index (Phi) is 54.0. The molecular formula is C61H118O6. The van der Waals surface area contributed by atoms with Crippen molar-refractivity contribution in [1.29, 1.82) is 0 Å². The number of esters is 3. The Bertz CT molecular complexity index is 1010. The van der Waals surface area contributed by atoms with Gasteiger partial charge in [0.15, 0.2) is 6.10 Å². The molecule has 0 heterocycles. The lowest BCUT2D eigenvalue weighted by Crippen LogP contribution is -2.30. The quantitative estimate of drug-likeness (QED) is 0.0343. The lowest BCUT2D eigenvalue weighted by atomic mass is 10.0. The molecule has 0 rings (SSSR count). The summed E-state index contributed by atoms with van der Waals surface area (Å²) in [6, 6.07) is 0. The van der Waals surface area contributed by atoms with E-state index in [-0.39, 0.29) is 31.1 Å². The van der Waals surface area contributed by atoms with Gasteiger partial charge >= 0.3 is 17.9 Å². The summed E-state index contributed by atoms with van der Waals surface area (Å²) in [5.74, 6) is 0.0243. The number of carbonyl (C=O) groups excluding carboxylic acids is 3. The number of carbonyl (C=O) groups is 3. The highest BCUT2D eigenvalue weighted by Gasteiger charge is 2.19. The zero-order chi connectivity index (χ0) is 48.8. The van der Waals surface area contributed by atoms with Gasteiger partial charge in [-0.25, -0.2) is 0 Å². The third-order valence-corrected chi connectivity index (χ3v) is 14.0. The molecule has 0 aliphatic rings. The van der Waals surface area contributed by atoms with Crippen LogP contribution < -0.4 is 0 Å². The molecule has 0 aromatic rings. The normalized spacial score (nSPS) is 12.0. The molecule has 0 fully saturated rings. The molecule has 0 amide bonds. The van der Waals surface area contributed by atoms with Crippen LogP contribution in [0.3, 0.4) is 0 Å². The predicted molar refractivity (Wildman–Crippen MR) is 289 cm³/mol. The van der Waals surface area contributed by atoms with Crippen molar-refractivity contribution in [3.63, 3.8) is 0 Å². The van der Waals surface area contributed by atoms with Crippen molar-refractivity contribution < 1.29 is 28.6 Å². The van der Waals surface area contributed by atoms with Gasteiger partial charge in [-0.1, -0.05) is 310 Å². The minimum absolute atomic E-state index is 0.0616. The fourth-order valence-electron chi connectivity index (χ4n) is 9.46. The molecule has 0 N–H and O–H groups in total. The van der Waals surface area contributed by atoms with E-state index in [0.717, 1.165) is 63.7 Å². The Labute approximate surface area is 418 Å². The van der Waals surface area contributed by atoms with Gasteiger partial charge in [-0.3, -0.25) is 14.4 Å². The number of rotatable bonds is 56. The summed E-state index contributed by atoms with van der Waals surface area (Å²) in [5.41, 5.74) is 0. The summed E-state index contributed by atoms with van der Waals surface area (Å²) < 4.78 is 16.9. The van der Waals surface area contributed by atoms with Crippen molar-refractivity contribution in [2.75, 3.05) is 13.2 Å². The van der Waals surface area contributed by atoms with Crippen LogP contribution in [0.15, 0.2) is 0 Å². The van der Waals surface area contributed by atoms with E-state index in [4.69, 9.17) is 14.2 Å². The van der Waals surface area contributed by atoms with Crippen LogP contribution >= 0.6 is 0 Å². The first-order valence-electron chi connectivity index (χ1n) is 30.4. The van der Waals surface area contributed by atoms with Gasteiger partial charge in [0.25, 0.3) is 0 Å². The van der Waals surface area contributed by atoms with Crippen LogP contribution in [0.5, 0.6) is 0 Å². The predicted octanol–water partition coefficient (Wildman–Crippen LogP) is 20.2. The van der Waals surface area contributed by atoms with Gasteiger partial charge < -0.3 is 14.2 Å². The third kappa shape index (κ3) is 55.2. The van der Waals surface area contributed by atoms with E-state index < -0.39 is 6.10 Å². The SMILES string of the molecule is CCCCCCCCCCCCCCCCCCCCC(=O)OC[C@H](COC(=O)CCCCCCCCCCCC)OC(=O)CCCCCCCCCCCCCCCCCCCCC(C)C. The van der Waals surface area contributed by atoms with Crippen LogP contribution in [-0.2, 0) is 28.6 Å². The maximum absolute atomic E-state index is 12.9. The Morgan fingerprint density at radius 2 is 0.493 bits per heavy atom. The van der Waals surface area contributed by atoms with Gasteiger partial charge in [-0.15, -0.1) is 0 Å². The standard InChI is InChI=1S/C61H118O6/c1-5-7-9-11-13-15-17-18-19-20-24-27-30-33-37-41-45-49-53-60(63)66-56-58(55-65-59(62)52-48-44-40-36-16-14-12-10-8-6-2)67-61(64)54-50-46-42-38-34-31-28-25-22-21-23-26-29-32-35-39-43-47-51-57(3)4/h57-58H,5-56H2,1-4H3/t58-/m0/s1. The highest BCUT2D eigenvalue weighted by Crippen LogP contribution is 2.18. The van der Waals surface area contributed by atoms with Crippen molar-refractivity contribution >= 4 is 17.9 Å². The molecule has 398 valence electrons. The third-order valence-electron chi connectivity index (χ3n) is 14.0. The van der Waals surface area contributed by atoms with Crippen LogP contribution in [0.4, 0.5) is 0 Å². The number of hydrogen-bond donors (Lipinski definition) is 0. The minimum Gasteiger partial charge on any atom is -0.462 e. The van der Waals surface area contributed by atoms with E-state index in [1.54, 1.807) is 0 Å². The maximum atomic E-state index is 12.9. The van der Waals surface area contributed by atoms with Crippen LogP contribution in [0, 0.1) is 5.92 Å². The molecule has 0 unspecified atom stereocenters. The molecule has 1 atom stereocenters. The van der Waals surface area contributed by atoms with Gasteiger partial charge in [-0.05, 0) is 25.2 Å². The van der Waals surface area contributed by atoms with Crippen molar-refractivity contribution in [2.24, 2.45) is 5.92 Å². The van der Waals surface area contributed by atoms with Crippen LogP contribution in [0.25, 0.3) is 0 Å². The molecule has 0 saturated heterocycles. The lowest BCUT2D eigenvalue weighted by Gasteiger charge is -2.18. The first-order valence-corrected chi connectivity index (χ1v) is 30.4. The summed E-state index contributed by atoms with van der Waals surface area (Å²) in [6.07, 6.45) is 61.1. The van der Waals surface area contributed by atoms with Crippen LogP contribution in [-0.4, -0.2) is 37.2 Å². The van der Waals surface area contributed by atoms with Gasteiger partial charge in [0, 0.05) is 19.3 Å². The van der Waals surface area contributed by atoms with Crippen LogP contribution in [0.1, 0.15) is 349 Å². The summed E-state index contributed by atoms with van der Waals surface area (Å²) in [6.45, 7) is 9.07. The van der Waals surface area contributed by atoms with E-state index in [9.17, 15) is 14.4 Å². The van der Waals surface area contributed by atoms with E-state index in [1.165, 1.54) is 244 Å². The molecule has 67 heavy (non-hydrogen) atoms. The van der Waals surface area contributed by atoms with Crippen molar-refractivity contribution in [3.8, 4) is 0 Å². The maximum Gasteiger partial charge on any atom is 0.306 e. The van der Waals surface area contributed by atoms with E-state index in [0.29, 0.717) is 19.3 Å².